The molecule has 0 spiro atoms. The Hall–Kier alpha value is -0.0900. The van der Waals surface area contributed by atoms with Crippen LogP contribution < -0.4 is 10.6 Å². The second kappa shape index (κ2) is 6.57. The third kappa shape index (κ3) is 3.52. The zero-order chi connectivity index (χ0) is 13.1. The van der Waals surface area contributed by atoms with Crippen LogP contribution in [0.15, 0.2) is 12.1 Å². The third-order valence-corrected chi connectivity index (χ3v) is 5.83. The van der Waals surface area contributed by atoms with Crippen molar-refractivity contribution in [1.82, 2.24) is 10.6 Å². The van der Waals surface area contributed by atoms with Gasteiger partial charge in [-0.3, -0.25) is 0 Å². The van der Waals surface area contributed by atoms with Gasteiger partial charge in [0.2, 0.25) is 0 Å². The largest absolute Gasteiger partial charge is 0.314 e. The highest BCUT2D eigenvalue weighted by Crippen LogP contribution is 2.32. The van der Waals surface area contributed by atoms with Gasteiger partial charge in [-0.05, 0) is 50.3 Å². The first-order valence-corrected chi connectivity index (χ1v) is 8.73. The predicted molar refractivity (Wildman–Crippen MR) is 82.9 cm³/mol. The zero-order valence-corrected chi connectivity index (χ0v) is 12.9. The molecule has 19 heavy (non-hydrogen) atoms. The van der Waals surface area contributed by atoms with Crippen molar-refractivity contribution in [3.05, 3.63) is 21.3 Å². The molecule has 2 heterocycles. The van der Waals surface area contributed by atoms with Gasteiger partial charge in [0, 0.05) is 23.5 Å². The number of thiophene rings is 1. The smallest absolute Gasteiger partial charge is 0.0931 e. The summed E-state index contributed by atoms with van der Waals surface area (Å²) in [5, 5.41) is 7.51. The van der Waals surface area contributed by atoms with Gasteiger partial charge < -0.3 is 10.6 Å². The molecule has 1 aliphatic heterocycles. The summed E-state index contributed by atoms with van der Waals surface area (Å²) < 4.78 is 0.897. The van der Waals surface area contributed by atoms with E-state index in [0.717, 1.165) is 22.8 Å². The molecule has 4 heteroatoms. The monoisotopic (exact) mass is 298 g/mol. The molecule has 3 atom stereocenters. The number of piperidine rings is 1. The van der Waals surface area contributed by atoms with E-state index in [4.69, 9.17) is 11.6 Å². The lowest BCUT2D eigenvalue weighted by molar-refractivity contribution is 0.257. The second-order valence-corrected chi connectivity index (χ2v) is 7.64. The minimum Gasteiger partial charge on any atom is -0.314 e. The number of hydrogen-bond acceptors (Lipinski definition) is 3. The molecule has 0 aromatic carbocycles. The van der Waals surface area contributed by atoms with E-state index >= 15 is 0 Å². The van der Waals surface area contributed by atoms with Crippen LogP contribution in [0.5, 0.6) is 0 Å². The molecule has 1 aliphatic carbocycles. The Morgan fingerprint density at radius 1 is 1.21 bits per heavy atom. The van der Waals surface area contributed by atoms with Gasteiger partial charge in [-0.1, -0.05) is 24.4 Å². The molecule has 106 valence electrons. The van der Waals surface area contributed by atoms with Crippen LogP contribution in [0, 0.1) is 5.92 Å². The Morgan fingerprint density at radius 3 is 2.89 bits per heavy atom. The van der Waals surface area contributed by atoms with Crippen LogP contribution in [0.25, 0.3) is 0 Å². The van der Waals surface area contributed by atoms with Crippen molar-refractivity contribution in [3.8, 4) is 0 Å². The van der Waals surface area contributed by atoms with E-state index in [1.165, 1.54) is 49.9 Å². The predicted octanol–water partition coefficient (Wildman–Crippen LogP) is 3.80. The van der Waals surface area contributed by atoms with E-state index in [-0.39, 0.29) is 0 Å². The maximum absolute atomic E-state index is 5.99. The lowest BCUT2D eigenvalue weighted by Crippen LogP contribution is -2.46. The molecular weight excluding hydrogens is 276 g/mol. The van der Waals surface area contributed by atoms with E-state index < -0.39 is 0 Å². The molecule has 1 aromatic heterocycles. The van der Waals surface area contributed by atoms with Crippen molar-refractivity contribution in [3.63, 3.8) is 0 Å². The third-order valence-electron chi connectivity index (χ3n) is 4.60. The van der Waals surface area contributed by atoms with Crippen molar-refractivity contribution >= 4 is 22.9 Å². The Morgan fingerprint density at radius 2 is 2.16 bits per heavy atom. The highest BCUT2D eigenvalue weighted by atomic mass is 35.5. The van der Waals surface area contributed by atoms with E-state index in [1.807, 2.05) is 6.07 Å². The molecule has 2 fully saturated rings. The first-order valence-electron chi connectivity index (χ1n) is 7.54. The topological polar surface area (TPSA) is 24.1 Å². The maximum Gasteiger partial charge on any atom is 0.0931 e. The van der Waals surface area contributed by atoms with Gasteiger partial charge in [0.15, 0.2) is 0 Å². The van der Waals surface area contributed by atoms with Crippen LogP contribution in [0.2, 0.25) is 4.34 Å². The Balaban J connectivity index is 1.54. The Labute approximate surface area is 124 Å². The van der Waals surface area contributed by atoms with E-state index in [9.17, 15) is 0 Å². The summed E-state index contributed by atoms with van der Waals surface area (Å²) in [6.45, 7) is 2.19. The van der Waals surface area contributed by atoms with Gasteiger partial charge in [0.05, 0.1) is 4.34 Å². The van der Waals surface area contributed by atoms with E-state index in [1.54, 1.807) is 11.3 Å². The maximum atomic E-state index is 5.99. The molecule has 0 bridgehead atoms. The van der Waals surface area contributed by atoms with Crippen LogP contribution in [0.3, 0.4) is 0 Å². The average Bonchev–Trinajstić information content (AvgIpc) is 3.06. The zero-order valence-electron chi connectivity index (χ0n) is 11.3. The number of hydrogen-bond donors (Lipinski definition) is 2. The van der Waals surface area contributed by atoms with Crippen LogP contribution >= 0.6 is 22.9 Å². The van der Waals surface area contributed by atoms with Crippen LogP contribution in [-0.4, -0.2) is 18.6 Å². The first-order chi connectivity index (χ1) is 9.33. The summed E-state index contributed by atoms with van der Waals surface area (Å²) in [5.41, 5.74) is 0. The van der Waals surface area contributed by atoms with Gasteiger partial charge in [-0.2, -0.15) is 0 Å². The van der Waals surface area contributed by atoms with Crippen LogP contribution in [0.4, 0.5) is 0 Å². The molecule has 2 N–H and O–H groups in total. The molecule has 0 radical (unpaired) electrons. The molecule has 1 saturated heterocycles. The van der Waals surface area contributed by atoms with E-state index in [0.29, 0.717) is 6.04 Å². The minimum atomic E-state index is 0.691. The summed E-state index contributed by atoms with van der Waals surface area (Å²) in [4.78, 5) is 1.35. The normalized spacial score (nSPS) is 31.7. The second-order valence-electron chi connectivity index (χ2n) is 5.84. The van der Waals surface area contributed by atoms with Gasteiger partial charge in [0.1, 0.15) is 0 Å². The summed E-state index contributed by atoms with van der Waals surface area (Å²) >= 11 is 7.68. The van der Waals surface area contributed by atoms with Crippen LogP contribution in [0.1, 0.15) is 43.4 Å². The molecule has 1 aromatic rings. The van der Waals surface area contributed by atoms with Gasteiger partial charge in [0.25, 0.3) is 0 Å². The molecular formula is C15H23ClN2S. The highest BCUT2D eigenvalue weighted by molar-refractivity contribution is 7.16. The average molecular weight is 299 g/mol. The van der Waals surface area contributed by atoms with Crippen molar-refractivity contribution in [1.29, 1.82) is 0 Å². The molecule has 3 rings (SSSR count). The summed E-state index contributed by atoms with van der Waals surface area (Å²) in [6, 6.07) is 5.58. The van der Waals surface area contributed by atoms with Gasteiger partial charge >= 0.3 is 0 Å². The molecule has 2 aliphatic rings. The Kier molecular flexibility index (Phi) is 4.80. The van der Waals surface area contributed by atoms with E-state index in [2.05, 4.69) is 16.7 Å². The molecule has 3 unspecified atom stereocenters. The van der Waals surface area contributed by atoms with Crippen LogP contribution in [-0.2, 0) is 6.54 Å². The summed E-state index contributed by atoms with van der Waals surface area (Å²) in [6.07, 6.45) is 8.23. The van der Waals surface area contributed by atoms with Crippen molar-refractivity contribution in [2.45, 2.75) is 57.2 Å². The summed E-state index contributed by atoms with van der Waals surface area (Å²) in [7, 11) is 0. The van der Waals surface area contributed by atoms with Crippen molar-refractivity contribution < 1.29 is 0 Å². The molecule has 0 amide bonds. The lowest BCUT2D eigenvalue weighted by atomic mass is 9.88. The fourth-order valence-corrected chi connectivity index (χ4v) is 4.68. The van der Waals surface area contributed by atoms with Gasteiger partial charge in [-0.25, -0.2) is 0 Å². The first kappa shape index (κ1) is 13.9. The molecule has 1 saturated carbocycles. The minimum absolute atomic E-state index is 0.691. The van der Waals surface area contributed by atoms with Crippen molar-refractivity contribution in [2.75, 3.05) is 6.54 Å². The number of halogens is 1. The number of rotatable bonds is 4. The number of nitrogens with one attached hydrogen (secondary N) is 2. The quantitative estimate of drug-likeness (QED) is 0.883. The van der Waals surface area contributed by atoms with Crippen molar-refractivity contribution in [2.24, 2.45) is 5.92 Å². The van der Waals surface area contributed by atoms with Gasteiger partial charge in [-0.15, -0.1) is 11.3 Å². The molecule has 2 nitrogen and oxygen atoms in total. The SMILES string of the molecule is Clc1ccc(CNC2CCCC2C2CCCCN2)s1. The summed E-state index contributed by atoms with van der Waals surface area (Å²) in [5.74, 6) is 0.829. The lowest BCUT2D eigenvalue weighted by Gasteiger charge is -2.33. The fourth-order valence-electron chi connectivity index (χ4n) is 3.65. The standard InChI is InChI=1S/C15H23ClN2S/c16-15-8-7-11(19-15)10-18-14-6-3-4-12(14)13-5-1-2-9-17-13/h7-8,12-14,17-18H,1-6,9-10H2. The highest BCUT2D eigenvalue weighted by Gasteiger charge is 2.33. The Bertz CT molecular complexity index is 401. The fraction of sp³-hybridized carbons (Fsp3) is 0.733.